The number of carbonyl (C=O) groups is 2. The van der Waals surface area contributed by atoms with Crippen LogP contribution in [-0.2, 0) is 27.3 Å². The van der Waals surface area contributed by atoms with Crippen LogP contribution in [0.1, 0.15) is 17.7 Å². The van der Waals surface area contributed by atoms with Crippen molar-refractivity contribution in [3.8, 4) is 11.9 Å². The first-order chi connectivity index (χ1) is 14.6. The number of ketones is 1. The molecule has 0 N–H and O–H groups in total. The molecule has 2 atom stereocenters. The van der Waals surface area contributed by atoms with E-state index in [0.29, 0.717) is 44.9 Å². The van der Waals surface area contributed by atoms with E-state index in [4.69, 9.17) is 14.7 Å². The van der Waals surface area contributed by atoms with Gasteiger partial charge < -0.3 is 14.4 Å². The van der Waals surface area contributed by atoms with E-state index < -0.39 is 6.04 Å². The minimum Gasteiger partial charge on any atom is -0.472 e. The van der Waals surface area contributed by atoms with E-state index >= 15 is 0 Å². The van der Waals surface area contributed by atoms with Gasteiger partial charge in [-0.05, 0) is 0 Å². The number of hydrogen-bond acceptors (Lipinski definition) is 9. The third-order valence-electron chi connectivity index (χ3n) is 5.51. The van der Waals surface area contributed by atoms with Gasteiger partial charge in [0.15, 0.2) is 5.78 Å². The van der Waals surface area contributed by atoms with E-state index in [0.717, 1.165) is 11.3 Å². The number of ether oxygens (including phenoxy) is 2. The lowest BCUT2D eigenvalue weighted by Gasteiger charge is -2.33. The van der Waals surface area contributed by atoms with Crippen LogP contribution in [0.25, 0.3) is 0 Å². The quantitative estimate of drug-likeness (QED) is 0.659. The van der Waals surface area contributed by atoms with Gasteiger partial charge in [0.1, 0.15) is 36.7 Å². The summed E-state index contributed by atoms with van der Waals surface area (Å²) < 4.78 is 11.1. The van der Waals surface area contributed by atoms with Gasteiger partial charge in [-0.25, -0.2) is 9.97 Å². The zero-order valence-corrected chi connectivity index (χ0v) is 16.7. The fraction of sp³-hybridized carbons (Fsp3) is 0.500. The second kappa shape index (κ2) is 8.69. The summed E-state index contributed by atoms with van der Waals surface area (Å²) >= 11 is 0. The molecule has 0 saturated carbocycles. The maximum Gasteiger partial charge on any atom is 0.248 e. The fourth-order valence-electron chi connectivity index (χ4n) is 3.93. The third kappa shape index (κ3) is 3.94. The normalized spacial score (nSPS) is 23.7. The Balaban J connectivity index is 1.47. The van der Waals surface area contributed by atoms with Crippen LogP contribution in [-0.4, -0.2) is 83.2 Å². The molecule has 3 aliphatic heterocycles. The van der Waals surface area contributed by atoms with Gasteiger partial charge in [0.2, 0.25) is 11.8 Å². The number of nitriles is 1. The SMILES string of the molecule is COCC(=O)N1CCC(Oc2ncnc3c2CN(C2C=NC=C(C#N)C2=O)CC3)C1. The van der Waals surface area contributed by atoms with Crippen molar-refractivity contribution in [2.45, 2.75) is 31.5 Å². The first kappa shape index (κ1) is 20.1. The second-order valence-corrected chi connectivity index (χ2v) is 7.39. The van der Waals surface area contributed by atoms with Crippen LogP contribution in [0, 0.1) is 11.3 Å². The van der Waals surface area contributed by atoms with E-state index in [1.54, 1.807) is 11.1 Å². The van der Waals surface area contributed by atoms with Crippen LogP contribution in [0.5, 0.6) is 5.88 Å². The molecule has 0 aromatic carbocycles. The summed E-state index contributed by atoms with van der Waals surface area (Å²) in [6.07, 6.45) is 5.53. The number of amides is 1. The van der Waals surface area contributed by atoms with Crippen molar-refractivity contribution in [1.82, 2.24) is 19.8 Å². The largest absolute Gasteiger partial charge is 0.472 e. The Morgan fingerprint density at radius 1 is 1.37 bits per heavy atom. The van der Waals surface area contributed by atoms with Gasteiger partial charge in [-0.15, -0.1) is 0 Å². The highest BCUT2D eigenvalue weighted by Crippen LogP contribution is 2.28. The number of aromatic nitrogens is 2. The molecule has 0 aliphatic carbocycles. The molecule has 3 aliphatic rings. The fourth-order valence-corrected chi connectivity index (χ4v) is 3.93. The Morgan fingerprint density at radius 2 is 2.23 bits per heavy atom. The van der Waals surface area contributed by atoms with Gasteiger partial charge >= 0.3 is 0 Å². The van der Waals surface area contributed by atoms with Crippen molar-refractivity contribution >= 4 is 17.9 Å². The van der Waals surface area contributed by atoms with Crippen LogP contribution < -0.4 is 4.74 Å². The number of carbonyl (C=O) groups excluding carboxylic acids is 2. The highest BCUT2D eigenvalue weighted by atomic mass is 16.5. The molecule has 0 bridgehead atoms. The van der Waals surface area contributed by atoms with Crippen LogP contribution in [0.2, 0.25) is 0 Å². The standard InChI is InChI=1S/C20H22N6O4/c1-29-11-18(27)26-4-2-14(9-26)30-20-15-10-25(5-3-16(15)23-12-24-20)17-8-22-7-13(6-21)19(17)28/h7-8,12,14,17H,2-5,9-11H2,1H3. The first-order valence-corrected chi connectivity index (χ1v) is 9.78. The van der Waals surface area contributed by atoms with Gasteiger partial charge in [0, 0.05) is 57.6 Å². The summed E-state index contributed by atoms with van der Waals surface area (Å²) in [6.45, 7) is 2.19. The lowest BCUT2D eigenvalue weighted by molar-refractivity contribution is -0.134. The highest BCUT2D eigenvalue weighted by Gasteiger charge is 2.34. The molecule has 1 saturated heterocycles. The molecule has 0 spiro atoms. The number of hydrogen-bond donors (Lipinski definition) is 0. The molecule has 4 heterocycles. The lowest BCUT2D eigenvalue weighted by atomic mass is 9.99. The molecule has 10 heteroatoms. The van der Waals surface area contributed by atoms with Crippen LogP contribution in [0.15, 0.2) is 23.1 Å². The van der Waals surface area contributed by atoms with Crippen molar-refractivity contribution in [1.29, 1.82) is 5.26 Å². The molecule has 2 unspecified atom stereocenters. The number of aliphatic imine (C=N–C) groups is 1. The van der Waals surface area contributed by atoms with Crippen molar-refractivity contribution in [3.63, 3.8) is 0 Å². The van der Waals surface area contributed by atoms with E-state index in [-0.39, 0.29) is 30.0 Å². The van der Waals surface area contributed by atoms with Crippen LogP contribution in [0.3, 0.4) is 0 Å². The minimum atomic E-state index is -0.584. The van der Waals surface area contributed by atoms with Crippen molar-refractivity contribution in [2.75, 3.05) is 33.4 Å². The minimum absolute atomic E-state index is 0.0562. The third-order valence-corrected chi connectivity index (χ3v) is 5.51. The molecule has 4 rings (SSSR count). The average Bonchev–Trinajstić information content (AvgIpc) is 3.23. The van der Waals surface area contributed by atoms with Crippen LogP contribution >= 0.6 is 0 Å². The summed E-state index contributed by atoms with van der Waals surface area (Å²) in [5.74, 6) is 0.168. The Bertz CT molecular complexity index is 953. The maximum atomic E-state index is 12.6. The van der Waals surface area contributed by atoms with Gasteiger partial charge in [-0.3, -0.25) is 19.5 Å². The molecule has 1 aromatic rings. The monoisotopic (exact) mass is 410 g/mol. The smallest absolute Gasteiger partial charge is 0.248 e. The molecular weight excluding hydrogens is 388 g/mol. The Kier molecular flexibility index (Phi) is 5.83. The number of rotatable bonds is 5. The predicted molar refractivity (Wildman–Crippen MR) is 105 cm³/mol. The Morgan fingerprint density at radius 3 is 3.03 bits per heavy atom. The highest BCUT2D eigenvalue weighted by molar-refractivity contribution is 6.12. The number of likely N-dealkylation sites (tertiary alicyclic amines) is 1. The summed E-state index contributed by atoms with van der Waals surface area (Å²) in [4.78, 5) is 41.0. The summed E-state index contributed by atoms with van der Waals surface area (Å²) in [7, 11) is 1.50. The molecular formula is C20H22N6O4. The maximum absolute atomic E-state index is 12.6. The second-order valence-electron chi connectivity index (χ2n) is 7.39. The van der Waals surface area contributed by atoms with Gasteiger partial charge in [-0.2, -0.15) is 5.26 Å². The molecule has 1 fully saturated rings. The lowest BCUT2D eigenvalue weighted by Crippen LogP contribution is -2.46. The van der Waals surface area contributed by atoms with E-state index in [1.807, 2.05) is 11.0 Å². The molecule has 30 heavy (non-hydrogen) atoms. The summed E-state index contributed by atoms with van der Waals surface area (Å²) in [5.41, 5.74) is 1.78. The van der Waals surface area contributed by atoms with E-state index in [1.165, 1.54) is 19.6 Å². The molecule has 0 radical (unpaired) electrons. The van der Waals surface area contributed by atoms with Gasteiger partial charge in [0.05, 0.1) is 12.2 Å². The predicted octanol–water partition coefficient (Wildman–Crippen LogP) is -0.110. The number of Topliss-reactive ketones (excluding diaryl/α,β-unsaturated/α-hetero) is 1. The first-order valence-electron chi connectivity index (χ1n) is 9.78. The zero-order valence-electron chi connectivity index (χ0n) is 16.7. The topological polar surface area (TPSA) is 121 Å². The van der Waals surface area contributed by atoms with E-state index in [2.05, 4.69) is 15.0 Å². The zero-order chi connectivity index (χ0) is 21.1. The molecule has 156 valence electrons. The number of nitrogens with zero attached hydrogens (tertiary/aromatic N) is 6. The molecule has 10 nitrogen and oxygen atoms in total. The van der Waals surface area contributed by atoms with E-state index in [9.17, 15) is 9.59 Å². The molecule has 1 amide bonds. The van der Waals surface area contributed by atoms with Gasteiger partial charge in [-0.1, -0.05) is 0 Å². The Labute approximate surface area is 173 Å². The van der Waals surface area contributed by atoms with Crippen molar-refractivity contribution in [3.05, 3.63) is 29.4 Å². The number of methoxy groups -OCH3 is 1. The van der Waals surface area contributed by atoms with Gasteiger partial charge in [0.25, 0.3) is 0 Å². The Hall–Kier alpha value is -3.16. The van der Waals surface area contributed by atoms with Crippen molar-refractivity contribution < 1.29 is 19.1 Å². The average molecular weight is 410 g/mol. The summed E-state index contributed by atoms with van der Waals surface area (Å²) in [6, 6.07) is 1.32. The van der Waals surface area contributed by atoms with Crippen molar-refractivity contribution in [2.24, 2.45) is 4.99 Å². The molecule has 1 aromatic heterocycles. The van der Waals surface area contributed by atoms with Crippen LogP contribution in [0.4, 0.5) is 0 Å². The summed E-state index contributed by atoms with van der Waals surface area (Å²) in [5, 5.41) is 9.13. The number of fused-ring (bicyclic) bond motifs is 1.